The summed E-state index contributed by atoms with van der Waals surface area (Å²) >= 11 is 5.81. The molecule has 0 unspecified atom stereocenters. The first-order valence-electron chi connectivity index (χ1n) is 5.29. The van der Waals surface area contributed by atoms with Crippen LogP contribution in [0, 0.1) is 0 Å². The lowest BCUT2D eigenvalue weighted by atomic mass is 10.2. The number of anilines is 1. The van der Waals surface area contributed by atoms with Crippen LogP contribution in [-0.4, -0.2) is 26.6 Å². The van der Waals surface area contributed by atoms with Gasteiger partial charge in [0.25, 0.3) is 5.91 Å². The number of nitrogens with one attached hydrogen (secondary N) is 1. The third-order valence-corrected chi connectivity index (χ3v) is 2.51. The fourth-order valence-corrected chi connectivity index (χ4v) is 1.63. The number of hydrogen-bond acceptors (Lipinski definition) is 4. The first kappa shape index (κ1) is 13.0. The zero-order valence-corrected chi connectivity index (χ0v) is 10.5. The second kappa shape index (κ2) is 5.49. The fourth-order valence-electron chi connectivity index (χ4n) is 1.43. The van der Waals surface area contributed by atoms with Gasteiger partial charge in [-0.25, -0.2) is 4.98 Å². The summed E-state index contributed by atoms with van der Waals surface area (Å²) in [5.41, 5.74) is 5.73. The van der Waals surface area contributed by atoms with Crippen molar-refractivity contribution in [3.05, 3.63) is 41.4 Å². The molecule has 0 atom stereocenters. The van der Waals surface area contributed by atoms with Crippen molar-refractivity contribution in [2.75, 3.05) is 5.32 Å². The Kier molecular flexibility index (Phi) is 3.76. The number of carbonyl (C=O) groups is 2. The van der Waals surface area contributed by atoms with Gasteiger partial charge >= 0.3 is 0 Å². The molecular formula is C11H10ClN5O2. The van der Waals surface area contributed by atoms with Crippen LogP contribution < -0.4 is 11.1 Å². The smallest absolute Gasteiger partial charge is 0.258 e. The van der Waals surface area contributed by atoms with Crippen molar-refractivity contribution in [3.63, 3.8) is 0 Å². The molecule has 2 rings (SSSR count). The molecule has 0 saturated carbocycles. The maximum atomic E-state index is 11.9. The zero-order chi connectivity index (χ0) is 13.8. The van der Waals surface area contributed by atoms with Gasteiger partial charge in [-0.3, -0.25) is 14.3 Å². The molecule has 2 aromatic rings. The molecule has 2 amide bonds. The van der Waals surface area contributed by atoms with Gasteiger partial charge in [0.05, 0.1) is 17.4 Å². The van der Waals surface area contributed by atoms with Crippen LogP contribution in [0.5, 0.6) is 0 Å². The minimum Gasteiger partial charge on any atom is -0.368 e. The van der Waals surface area contributed by atoms with Crippen molar-refractivity contribution in [2.45, 2.75) is 6.54 Å². The summed E-state index contributed by atoms with van der Waals surface area (Å²) in [5.74, 6) is -0.923. The first-order valence-corrected chi connectivity index (χ1v) is 5.66. The van der Waals surface area contributed by atoms with Gasteiger partial charge in [-0.05, 0) is 12.1 Å². The SMILES string of the molecule is NC(=O)Cn1cc(NC(=O)c2cccnc2Cl)cn1. The number of amides is 2. The fraction of sp³-hybridized carbons (Fsp3) is 0.0909. The van der Waals surface area contributed by atoms with Crippen LogP contribution in [0.15, 0.2) is 30.7 Å². The van der Waals surface area contributed by atoms with E-state index in [4.69, 9.17) is 17.3 Å². The maximum Gasteiger partial charge on any atom is 0.258 e. The third kappa shape index (κ3) is 3.29. The van der Waals surface area contributed by atoms with Crippen molar-refractivity contribution in [1.29, 1.82) is 0 Å². The van der Waals surface area contributed by atoms with E-state index < -0.39 is 11.8 Å². The summed E-state index contributed by atoms with van der Waals surface area (Å²) in [7, 11) is 0. The second-order valence-corrected chi connectivity index (χ2v) is 4.05. The standard InChI is InChI=1S/C11H10ClN5O2/c12-10-8(2-1-3-14-10)11(19)16-7-4-15-17(5-7)6-9(13)18/h1-5H,6H2,(H2,13,18)(H,16,19). The Bertz CT molecular complexity index is 625. The molecule has 0 bridgehead atoms. The monoisotopic (exact) mass is 279 g/mol. The Labute approximate surface area is 113 Å². The first-order chi connectivity index (χ1) is 9.06. The van der Waals surface area contributed by atoms with Gasteiger partial charge in [0, 0.05) is 12.4 Å². The number of aromatic nitrogens is 3. The average molecular weight is 280 g/mol. The van der Waals surface area contributed by atoms with Crippen LogP contribution in [0.3, 0.4) is 0 Å². The van der Waals surface area contributed by atoms with E-state index in [0.717, 1.165) is 0 Å². The minimum absolute atomic E-state index is 0.0521. The summed E-state index contributed by atoms with van der Waals surface area (Å²) in [6, 6.07) is 3.16. The topological polar surface area (TPSA) is 103 Å². The van der Waals surface area contributed by atoms with Gasteiger partial charge in [0.1, 0.15) is 11.7 Å². The van der Waals surface area contributed by atoms with Crippen LogP contribution in [0.25, 0.3) is 0 Å². The summed E-state index contributed by atoms with van der Waals surface area (Å²) in [5, 5.41) is 6.59. The van der Waals surface area contributed by atoms with Gasteiger partial charge in [0.15, 0.2) is 0 Å². The number of hydrogen-bond donors (Lipinski definition) is 2. The molecule has 0 fully saturated rings. The highest BCUT2D eigenvalue weighted by Gasteiger charge is 2.12. The lowest BCUT2D eigenvalue weighted by molar-refractivity contribution is -0.118. The highest BCUT2D eigenvalue weighted by Crippen LogP contribution is 2.14. The predicted octanol–water partition coefficient (Wildman–Crippen LogP) is 0.669. The highest BCUT2D eigenvalue weighted by atomic mass is 35.5. The van der Waals surface area contributed by atoms with Gasteiger partial charge in [-0.1, -0.05) is 11.6 Å². The Morgan fingerprint density at radius 3 is 2.95 bits per heavy atom. The number of nitrogens with two attached hydrogens (primary N) is 1. The molecule has 98 valence electrons. The third-order valence-electron chi connectivity index (χ3n) is 2.21. The minimum atomic E-state index is -0.517. The summed E-state index contributed by atoms with van der Waals surface area (Å²) in [6.07, 6.45) is 4.39. The molecule has 0 radical (unpaired) electrons. The molecule has 0 aromatic carbocycles. The molecule has 0 aliphatic rings. The largest absolute Gasteiger partial charge is 0.368 e. The van der Waals surface area contributed by atoms with E-state index in [1.54, 1.807) is 12.1 Å². The molecule has 0 spiro atoms. The molecule has 2 heterocycles. The average Bonchev–Trinajstić information content (AvgIpc) is 2.76. The second-order valence-electron chi connectivity index (χ2n) is 3.69. The lowest BCUT2D eigenvalue weighted by Crippen LogP contribution is -2.18. The van der Waals surface area contributed by atoms with E-state index in [1.807, 2.05) is 0 Å². The Morgan fingerprint density at radius 1 is 1.47 bits per heavy atom. The van der Waals surface area contributed by atoms with E-state index in [1.165, 1.54) is 23.3 Å². The number of carbonyl (C=O) groups excluding carboxylic acids is 2. The van der Waals surface area contributed by atoms with Crippen LogP contribution in [0.2, 0.25) is 5.15 Å². The molecule has 8 heteroatoms. The van der Waals surface area contributed by atoms with E-state index in [0.29, 0.717) is 5.69 Å². The lowest BCUT2D eigenvalue weighted by Gasteiger charge is -2.03. The quantitative estimate of drug-likeness (QED) is 0.803. The van der Waals surface area contributed by atoms with Crippen LogP contribution >= 0.6 is 11.6 Å². The molecule has 19 heavy (non-hydrogen) atoms. The van der Waals surface area contributed by atoms with E-state index in [2.05, 4.69) is 15.4 Å². The van der Waals surface area contributed by atoms with Crippen molar-refractivity contribution in [2.24, 2.45) is 5.73 Å². The van der Waals surface area contributed by atoms with Crippen LogP contribution in [-0.2, 0) is 11.3 Å². The van der Waals surface area contributed by atoms with Crippen molar-refractivity contribution in [3.8, 4) is 0 Å². The van der Waals surface area contributed by atoms with E-state index in [-0.39, 0.29) is 17.3 Å². The number of primary amides is 1. The Morgan fingerprint density at radius 2 is 2.26 bits per heavy atom. The van der Waals surface area contributed by atoms with Crippen molar-refractivity contribution >= 4 is 29.1 Å². The van der Waals surface area contributed by atoms with Gasteiger partial charge in [0.2, 0.25) is 5.91 Å². The summed E-state index contributed by atoms with van der Waals surface area (Å²) in [6.45, 7) is -0.0521. The molecule has 3 N–H and O–H groups in total. The van der Waals surface area contributed by atoms with Crippen LogP contribution in [0.4, 0.5) is 5.69 Å². The molecule has 7 nitrogen and oxygen atoms in total. The Hall–Kier alpha value is -2.41. The van der Waals surface area contributed by atoms with E-state index >= 15 is 0 Å². The number of halogens is 1. The number of rotatable bonds is 4. The summed E-state index contributed by atoms with van der Waals surface area (Å²) < 4.78 is 1.32. The summed E-state index contributed by atoms with van der Waals surface area (Å²) in [4.78, 5) is 26.4. The molecule has 0 aliphatic heterocycles. The van der Waals surface area contributed by atoms with E-state index in [9.17, 15) is 9.59 Å². The highest BCUT2D eigenvalue weighted by molar-refractivity contribution is 6.33. The van der Waals surface area contributed by atoms with Crippen molar-refractivity contribution < 1.29 is 9.59 Å². The predicted molar refractivity (Wildman–Crippen MR) is 68.6 cm³/mol. The van der Waals surface area contributed by atoms with Crippen molar-refractivity contribution in [1.82, 2.24) is 14.8 Å². The zero-order valence-electron chi connectivity index (χ0n) is 9.71. The van der Waals surface area contributed by atoms with Gasteiger partial charge in [-0.2, -0.15) is 5.10 Å². The number of pyridine rings is 1. The van der Waals surface area contributed by atoms with Gasteiger partial charge in [-0.15, -0.1) is 0 Å². The normalized spacial score (nSPS) is 10.2. The van der Waals surface area contributed by atoms with Crippen LogP contribution in [0.1, 0.15) is 10.4 Å². The maximum absolute atomic E-state index is 11.9. The molecule has 0 aliphatic carbocycles. The Balaban J connectivity index is 2.09. The molecule has 0 saturated heterocycles. The molecule has 2 aromatic heterocycles. The molecular weight excluding hydrogens is 270 g/mol. The van der Waals surface area contributed by atoms with Gasteiger partial charge < -0.3 is 11.1 Å². The number of nitrogens with zero attached hydrogens (tertiary/aromatic N) is 3.